The van der Waals surface area contributed by atoms with E-state index in [1.54, 1.807) is 0 Å². The number of halogens is 1. The van der Waals surface area contributed by atoms with E-state index in [2.05, 4.69) is 15.9 Å². The molecule has 4 fully saturated rings. The van der Waals surface area contributed by atoms with Gasteiger partial charge in [0.25, 0.3) is 6.29 Å². The number of alkyl halides is 1. The molecule has 4 aliphatic rings. The van der Waals surface area contributed by atoms with Crippen LogP contribution in [0.5, 0.6) is 0 Å². The van der Waals surface area contributed by atoms with Crippen molar-refractivity contribution in [1.82, 2.24) is 9.80 Å². The molecule has 4 rings (SSSR count). The van der Waals surface area contributed by atoms with Gasteiger partial charge < -0.3 is 19.3 Å². The van der Waals surface area contributed by atoms with Crippen molar-refractivity contribution in [1.29, 1.82) is 0 Å². The summed E-state index contributed by atoms with van der Waals surface area (Å²) in [7, 11) is -7.68. The Morgan fingerprint density at radius 3 is 1.48 bits per heavy atom. The molecule has 0 spiro atoms. The molecule has 0 aromatic heterocycles. The van der Waals surface area contributed by atoms with Crippen LogP contribution >= 0.6 is 15.9 Å². The molecule has 0 radical (unpaired) electrons. The number of β-lactam (4-membered cyclic amide) rings is 2. The standard InChI is InChI=1S/C18H23BrN2O10S2/c1-17(2)13(20-8(22)5-10(20)32(17,26)27)15(24)30-12(7-19)31-16(25)14-18(3,4)33(28,29)11-6-9(23)21(11)14/h10-14H,5-7H2,1-4H3/t10-,11-,13+,14+/m1/s1. The molecular formula is C18H23BrN2O10S2. The van der Waals surface area contributed by atoms with Crippen LogP contribution in [-0.4, -0.2) is 94.3 Å². The topological polar surface area (TPSA) is 161 Å². The minimum Gasteiger partial charge on any atom is -0.423 e. The van der Waals surface area contributed by atoms with Gasteiger partial charge in [-0.05, 0) is 27.7 Å². The van der Waals surface area contributed by atoms with E-state index in [1.165, 1.54) is 27.7 Å². The van der Waals surface area contributed by atoms with Gasteiger partial charge in [-0.2, -0.15) is 0 Å². The molecule has 4 heterocycles. The van der Waals surface area contributed by atoms with E-state index in [1.807, 2.05) is 0 Å². The van der Waals surface area contributed by atoms with Crippen LogP contribution in [0.1, 0.15) is 40.5 Å². The molecule has 0 saturated carbocycles. The quantitative estimate of drug-likeness (QED) is 0.174. The first-order valence-corrected chi connectivity index (χ1v) is 14.3. The van der Waals surface area contributed by atoms with Crippen LogP contribution in [0.3, 0.4) is 0 Å². The Bertz CT molecular complexity index is 1090. The zero-order chi connectivity index (χ0) is 24.9. The predicted octanol–water partition coefficient (Wildman–Crippen LogP) is -0.938. The summed E-state index contributed by atoms with van der Waals surface area (Å²) in [6.07, 6.45) is -1.99. The lowest BCUT2D eigenvalue weighted by molar-refractivity contribution is -0.195. The minimum atomic E-state index is -3.84. The minimum absolute atomic E-state index is 0.209. The largest absolute Gasteiger partial charge is 0.423 e. The average molecular weight is 571 g/mol. The number of sulfone groups is 2. The molecule has 0 N–H and O–H groups in total. The van der Waals surface area contributed by atoms with Crippen molar-refractivity contribution in [3.8, 4) is 0 Å². The van der Waals surface area contributed by atoms with Crippen LogP contribution in [0.25, 0.3) is 0 Å². The second-order valence-corrected chi connectivity index (χ2v) is 15.5. The molecule has 33 heavy (non-hydrogen) atoms. The van der Waals surface area contributed by atoms with Gasteiger partial charge in [0, 0.05) is 0 Å². The first-order chi connectivity index (χ1) is 15.0. The first kappa shape index (κ1) is 24.4. The molecule has 184 valence electrons. The second-order valence-electron chi connectivity index (χ2n) is 9.48. The number of hydrogen-bond donors (Lipinski definition) is 0. The van der Waals surface area contributed by atoms with Crippen molar-refractivity contribution in [3.63, 3.8) is 0 Å². The van der Waals surface area contributed by atoms with E-state index in [-0.39, 0.29) is 18.2 Å². The van der Waals surface area contributed by atoms with Crippen molar-refractivity contribution in [2.45, 2.75) is 79.2 Å². The van der Waals surface area contributed by atoms with E-state index < -0.39 is 82.0 Å². The summed E-state index contributed by atoms with van der Waals surface area (Å²) < 4.78 is 58.0. The smallest absolute Gasteiger partial charge is 0.333 e. The molecular weight excluding hydrogens is 548 g/mol. The van der Waals surface area contributed by atoms with Gasteiger partial charge in [0.05, 0.1) is 27.7 Å². The Labute approximate surface area is 198 Å². The summed E-state index contributed by atoms with van der Waals surface area (Å²) in [6, 6.07) is -2.86. The van der Waals surface area contributed by atoms with E-state index in [9.17, 15) is 36.0 Å². The Morgan fingerprint density at radius 1 is 0.879 bits per heavy atom. The number of carbonyl (C=O) groups is 4. The van der Waals surface area contributed by atoms with Crippen molar-refractivity contribution < 1.29 is 45.5 Å². The Hall–Kier alpha value is -1.74. The third-order valence-corrected chi connectivity index (χ3v) is 13.1. The van der Waals surface area contributed by atoms with E-state index in [0.29, 0.717) is 0 Å². The Kier molecular flexibility index (Phi) is 5.27. The highest BCUT2D eigenvalue weighted by atomic mass is 79.9. The molecule has 0 aromatic rings. The van der Waals surface area contributed by atoms with Gasteiger partial charge in [0.2, 0.25) is 11.8 Å². The average Bonchev–Trinajstić information content (AvgIpc) is 2.90. The predicted molar refractivity (Wildman–Crippen MR) is 114 cm³/mol. The first-order valence-electron chi connectivity index (χ1n) is 10.1. The van der Waals surface area contributed by atoms with Crippen LogP contribution in [0.2, 0.25) is 0 Å². The van der Waals surface area contributed by atoms with Gasteiger partial charge in [0.1, 0.15) is 22.8 Å². The number of nitrogens with zero attached hydrogens (tertiary/aromatic N) is 2. The molecule has 4 atom stereocenters. The zero-order valence-corrected chi connectivity index (χ0v) is 21.4. The fourth-order valence-electron chi connectivity index (χ4n) is 4.89. The van der Waals surface area contributed by atoms with Crippen LogP contribution in [0.4, 0.5) is 0 Å². The maximum atomic E-state index is 12.9. The van der Waals surface area contributed by atoms with Crippen LogP contribution in [0, 0.1) is 0 Å². The molecule has 2 amide bonds. The van der Waals surface area contributed by atoms with Crippen LogP contribution in [-0.2, 0) is 48.3 Å². The molecule has 0 aliphatic carbocycles. The van der Waals surface area contributed by atoms with Gasteiger partial charge in [-0.15, -0.1) is 0 Å². The summed E-state index contributed by atoms with van der Waals surface area (Å²) in [4.78, 5) is 51.8. The van der Waals surface area contributed by atoms with E-state index in [4.69, 9.17) is 9.47 Å². The molecule has 0 aromatic carbocycles. The summed E-state index contributed by atoms with van der Waals surface area (Å²) in [5, 5.41) is -2.43. The fourth-order valence-corrected chi connectivity index (χ4v) is 9.40. The van der Waals surface area contributed by atoms with Gasteiger partial charge in [-0.1, -0.05) is 15.9 Å². The molecule has 4 saturated heterocycles. The number of amides is 2. The van der Waals surface area contributed by atoms with Gasteiger partial charge in [-0.3, -0.25) is 9.59 Å². The maximum absolute atomic E-state index is 12.9. The highest BCUT2D eigenvalue weighted by Crippen LogP contribution is 2.47. The van der Waals surface area contributed by atoms with Crippen LogP contribution < -0.4 is 0 Å². The molecule has 4 aliphatic heterocycles. The summed E-state index contributed by atoms with van der Waals surface area (Å²) >= 11 is 3.05. The molecule has 0 bridgehead atoms. The number of ether oxygens (including phenoxy) is 2. The number of esters is 2. The van der Waals surface area contributed by atoms with Crippen molar-refractivity contribution in [2.75, 3.05) is 5.33 Å². The number of rotatable bonds is 5. The molecule has 0 unspecified atom stereocenters. The Morgan fingerprint density at radius 2 is 1.21 bits per heavy atom. The lowest BCUT2D eigenvalue weighted by Gasteiger charge is -2.37. The van der Waals surface area contributed by atoms with Gasteiger partial charge >= 0.3 is 11.9 Å². The number of carbonyl (C=O) groups excluding carboxylic acids is 4. The van der Waals surface area contributed by atoms with Gasteiger partial charge in [-0.25, -0.2) is 26.4 Å². The van der Waals surface area contributed by atoms with E-state index >= 15 is 0 Å². The summed E-state index contributed by atoms with van der Waals surface area (Å²) in [6.45, 7) is 5.26. The Balaban J connectivity index is 1.52. The van der Waals surface area contributed by atoms with Crippen LogP contribution in [0.15, 0.2) is 0 Å². The zero-order valence-electron chi connectivity index (χ0n) is 18.2. The molecule has 12 nitrogen and oxygen atoms in total. The lowest BCUT2D eigenvalue weighted by Crippen LogP contribution is -2.59. The SMILES string of the molecule is CC1(C)[C@H](C(=O)OC(CBr)OC(=O)[C@@H]2N3C(=O)C[C@H]3S(=O)(=O)C2(C)C)N2C(=O)C[C@H]2S1(=O)=O. The van der Waals surface area contributed by atoms with Gasteiger partial charge in [0.15, 0.2) is 19.7 Å². The summed E-state index contributed by atoms with van der Waals surface area (Å²) in [5.74, 6) is -3.17. The van der Waals surface area contributed by atoms with E-state index in [0.717, 1.165) is 9.80 Å². The fraction of sp³-hybridized carbons (Fsp3) is 0.778. The normalized spacial score (nSPS) is 34.2. The monoisotopic (exact) mass is 570 g/mol. The third-order valence-electron chi connectivity index (χ3n) is 7.02. The van der Waals surface area contributed by atoms with Crippen molar-refractivity contribution in [2.24, 2.45) is 0 Å². The second kappa shape index (κ2) is 7.13. The lowest BCUT2D eigenvalue weighted by atomic mass is 9.98. The van der Waals surface area contributed by atoms with Crippen molar-refractivity contribution in [3.05, 3.63) is 0 Å². The molecule has 15 heteroatoms. The maximum Gasteiger partial charge on any atom is 0.333 e. The third kappa shape index (κ3) is 2.97. The highest BCUT2D eigenvalue weighted by molar-refractivity contribution is 9.09. The number of fused-ring (bicyclic) bond motifs is 2. The highest BCUT2D eigenvalue weighted by Gasteiger charge is 2.69. The van der Waals surface area contributed by atoms with Crippen molar-refractivity contribution >= 4 is 59.4 Å². The summed E-state index contributed by atoms with van der Waals surface area (Å²) in [5.41, 5.74) is 0. The number of hydrogen-bond acceptors (Lipinski definition) is 10.